The van der Waals surface area contributed by atoms with Gasteiger partial charge in [0.25, 0.3) is 0 Å². The average Bonchev–Trinajstić information content (AvgIpc) is 3.02. The Labute approximate surface area is 153 Å². The van der Waals surface area contributed by atoms with E-state index < -0.39 is 14.8 Å². The van der Waals surface area contributed by atoms with Crippen molar-refractivity contribution in [2.75, 3.05) is 13.7 Å². The van der Waals surface area contributed by atoms with Crippen molar-refractivity contribution in [3.05, 3.63) is 42.6 Å². The third-order valence-electron chi connectivity index (χ3n) is 3.81. The Kier molecular flexibility index (Phi) is 8.00. The number of carbonyl (C=O) groups is 2. The number of benzene rings is 1. The van der Waals surface area contributed by atoms with Crippen LogP contribution in [-0.2, 0) is 18.8 Å². The van der Waals surface area contributed by atoms with E-state index in [1.54, 1.807) is 24.3 Å². The van der Waals surface area contributed by atoms with Gasteiger partial charge in [-0.05, 0) is 18.6 Å². The van der Waals surface area contributed by atoms with E-state index in [9.17, 15) is 14.5 Å². The van der Waals surface area contributed by atoms with Crippen LogP contribution >= 0.6 is 8.60 Å². The summed E-state index contributed by atoms with van der Waals surface area (Å²) in [6.07, 6.45) is 3.12. The van der Waals surface area contributed by atoms with Crippen LogP contribution in [0.4, 0.5) is 0 Å². The lowest BCUT2D eigenvalue weighted by atomic mass is 10.1. The van der Waals surface area contributed by atoms with Gasteiger partial charge in [0.1, 0.15) is 12.0 Å². The van der Waals surface area contributed by atoms with Crippen molar-refractivity contribution in [2.24, 2.45) is 5.92 Å². The number of likely N-dealkylation sites (N-methyl/N-ethyl adjacent to an activating group) is 1. The van der Waals surface area contributed by atoms with Crippen LogP contribution in [0.15, 0.2) is 42.6 Å². The molecule has 1 saturated heterocycles. The molecule has 2 amide bonds. The molecule has 1 heterocycles. The molecule has 1 aliphatic heterocycles. The van der Waals surface area contributed by atoms with E-state index in [-0.39, 0.29) is 24.5 Å². The summed E-state index contributed by atoms with van der Waals surface area (Å²) in [5, 5.41) is 2.44. The van der Waals surface area contributed by atoms with E-state index in [0.717, 1.165) is 0 Å². The predicted octanol–water partition coefficient (Wildman–Crippen LogP) is 1.77. The summed E-state index contributed by atoms with van der Waals surface area (Å²) in [5.41, 5.74) is 0. The number of hydrogen-bond donors (Lipinski definition) is 2. The van der Waals surface area contributed by atoms with Crippen LogP contribution in [0.3, 0.4) is 0 Å². The summed E-state index contributed by atoms with van der Waals surface area (Å²) in [6, 6.07) is 8.88. The van der Waals surface area contributed by atoms with Crippen LogP contribution < -0.4 is 9.84 Å². The Hall–Kier alpha value is -1.99. The average molecular weight is 382 g/mol. The minimum atomic E-state index is -2.07. The lowest BCUT2D eigenvalue weighted by molar-refractivity contribution is -0.129. The molecule has 26 heavy (non-hydrogen) atoms. The fourth-order valence-electron chi connectivity index (χ4n) is 2.55. The highest BCUT2D eigenvalue weighted by atomic mass is 31.2. The van der Waals surface area contributed by atoms with E-state index >= 15 is 0 Å². The number of nitrogens with zero attached hydrogens (tertiary/aromatic N) is 1. The summed E-state index contributed by atoms with van der Waals surface area (Å²) in [5.74, 6) is 0.251. The summed E-state index contributed by atoms with van der Waals surface area (Å²) in [7, 11) is -0.564. The Morgan fingerprint density at radius 1 is 1.46 bits per heavy atom. The highest BCUT2D eigenvalue weighted by molar-refractivity contribution is 7.41. The van der Waals surface area contributed by atoms with Crippen LogP contribution in [0.1, 0.15) is 13.3 Å². The number of nitrogens with one attached hydrogen (secondary N) is 1. The highest BCUT2D eigenvalue weighted by Crippen LogP contribution is 2.37. The molecule has 0 spiro atoms. The Morgan fingerprint density at radius 2 is 2.19 bits per heavy atom. The van der Waals surface area contributed by atoms with Gasteiger partial charge in [-0.1, -0.05) is 25.1 Å². The SMILES string of the molecule is CNC(=O)/C=C\N(C=O)C1OC(COP(O)Oc2ccccc2)CC1C. The van der Waals surface area contributed by atoms with Crippen molar-refractivity contribution in [1.82, 2.24) is 10.2 Å². The maximum Gasteiger partial charge on any atom is 0.394 e. The molecule has 9 heteroatoms. The summed E-state index contributed by atoms with van der Waals surface area (Å²) >= 11 is 0. The molecule has 2 rings (SSSR count). The number of amides is 2. The summed E-state index contributed by atoms with van der Waals surface area (Å²) in [6.45, 7) is 2.08. The Morgan fingerprint density at radius 3 is 2.85 bits per heavy atom. The second-order valence-electron chi connectivity index (χ2n) is 5.78. The maximum atomic E-state index is 11.3. The number of hydrogen-bond acceptors (Lipinski definition) is 6. The van der Waals surface area contributed by atoms with Crippen LogP contribution in [0.2, 0.25) is 0 Å². The van der Waals surface area contributed by atoms with Gasteiger partial charge >= 0.3 is 8.60 Å². The van der Waals surface area contributed by atoms with Crippen LogP contribution in [0, 0.1) is 5.92 Å². The first-order valence-corrected chi connectivity index (χ1v) is 9.29. The standard InChI is InChI=1S/C17H23N2O6P/c1-13-10-15(11-23-26(22)25-14-6-4-3-5-7-14)24-17(13)19(12-20)9-8-16(21)18-2/h3-9,12-13,15,17,22H,10-11H2,1-2H3,(H,18,21)/b9-8-. The Bertz CT molecular complexity index is 615. The van der Waals surface area contributed by atoms with Gasteiger partial charge in [-0.25, -0.2) is 0 Å². The van der Waals surface area contributed by atoms with Gasteiger partial charge in [0.15, 0.2) is 0 Å². The van der Waals surface area contributed by atoms with E-state index in [4.69, 9.17) is 13.8 Å². The smallest absolute Gasteiger partial charge is 0.394 e. The molecule has 0 saturated carbocycles. The first-order chi connectivity index (χ1) is 12.5. The third kappa shape index (κ3) is 6.07. The minimum absolute atomic E-state index is 0.0445. The molecule has 1 aliphatic rings. The molecular formula is C17H23N2O6P. The van der Waals surface area contributed by atoms with Gasteiger partial charge in [-0.3, -0.25) is 19.0 Å². The minimum Gasteiger partial charge on any atom is -0.427 e. The summed E-state index contributed by atoms with van der Waals surface area (Å²) in [4.78, 5) is 33.7. The molecule has 0 aromatic heterocycles. The maximum absolute atomic E-state index is 11.3. The van der Waals surface area contributed by atoms with Gasteiger partial charge in [-0.2, -0.15) is 0 Å². The fraction of sp³-hybridized carbons (Fsp3) is 0.412. The second kappa shape index (κ2) is 10.2. The molecule has 4 unspecified atom stereocenters. The van der Waals surface area contributed by atoms with E-state index in [1.807, 2.05) is 13.0 Å². The van der Waals surface area contributed by atoms with Crippen LogP contribution in [0.25, 0.3) is 0 Å². The van der Waals surface area contributed by atoms with Crippen LogP contribution in [0.5, 0.6) is 5.75 Å². The zero-order chi connectivity index (χ0) is 18.9. The third-order valence-corrected chi connectivity index (χ3v) is 4.55. The van der Waals surface area contributed by atoms with Crippen molar-refractivity contribution in [1.29, 1.82) is 0 Å². The van der Waals surface area contributed by atoms with Gasteiger partial charge in [0.2, 0.25) is 12.3 Å². The van der Waals surface area contributed by atoms with Crippen molar-refractivity contribution >= 4 is 20.9 Å². The van der Waals surface area contributed by atoms with E-state index in [2.05, 4.69) is 5.32 Å². The van der Waals surface area contributed by atoms with Gasteiger partial charge < -0.3 is 19.5 Å². The zero-order valence-corrected chi connectivity index (χ0v) is 15.5. The summed E-state index contributed by atoms with van der Waals surface area (Å²) < 4.78 is 16.5. The molecule has 2 N–H and O–H groups in total. The molecule has 0 radical (unpaired) electrons. The Balaban J connectivity index is 1.82. The molecule has 1 aromatic rings. The van der Waals surface area contributed by atoms with Crippen LogP contribution in [-0.4, -0.2) is 48.1 Å². The lowest BCUT2D eigenvalue weighted by Gasteiger charge is -2.24. The molecule has 0 bridgehead atoms. The fourth-order valence-corrected chi connectivity index (χ4v) is 3.20. The quantitative estimate of drug-likeness (QED) is 0.384. The van der Waals surface area contributed by atoms with E-state index in [1.165, 1.54) is 24.2 Å². The van der Waals surface area contributed by atoms with Gasteiger partial charge in [0.05, 0.1) is 12.7 Å². The second-order valence-corrected chi connectivity index (χ2v) is 6.70. The first-order valence-electron chi connectivity index (χ1n) is 8.16. The van der Waals surface area contributed by atoms with Crippen molar-refractivity contribution in [3.8, 4) is 5.75 Å². The zero-order valence-electron chi connectivity index (χ0n) is 14.6. The lowest BCUT2D eigenvalue weighted by Crippen LogP contribution is -2.34. The number of ether oxygens (including phenoxy) is 1. The largest absolute Gasteiger partial charge is 0.427 e. The predicted molar refractivity (Wildman–Crippen MR) is 95.7 cm³/mol. The number of rotatable bonds is 9. The highest BCUT2D eigenvalue weighted by Gasteiger charge is 2.36. The molecular weight excluding hydrogens is 359 g/mol. The molecule has 8 nitrogen and oxygen atoms in total. The number of para-hydroxylation sites is 1. The molecule has 1 fully saturated rings. The number of carbonyl (C=O) groups excluding carboxylic acids is 2. The van der Waals surface area contributed by atoms with Crippen molar-refractivity contribution in [2.45, 2.75) is 25.7 Å². The van der Waals surface area contributed by atoms with Gasteiger partial charge in [0, 0.05) is 25.2 Å². The molecule has 0 aliphatic carbocycles. The van der Waals surface area contributed by atoms with Gasteiger partial charge in [-0.15, -0.1) is 0 Å². The monoisotopic (exact) mass is 382 g/mol. The van der Waals surface area contributed by atoms with Crippen molar-refractivity contribution in [3.63, 3.8) is 0 Å². The topological polar surface area (TPSA) is 97.3 Å². The molecule has 142 valence electrons. The van der Waals surface area contributed by atoms with E-state index in [0.29, 0.717) is 18.6 Å². The molecule has 1 aromatic carbocycles. The molecule has 4 atom stereocenters. The first kappa shape index (κ1) is 20.3. The normalized spacial score (nSPS) is 23.6. The van der Waals surface area contributed by atoms with Crippen molar-refractivity contribution < 1.29 is 28.3 Å².